The first kappa shape index (κ1) is 18.7. The van der Waals surface area contributed by atoms with E-state index in [0.29, 0.717) is 34.6 Å². The monoisotopic (exact) mass is 382 g/mol. The Balaban J connectivity index is 1.71. The van der Waals surface area contributed by atoms with Crippen molar-refractivity contribution in [1.82, 2.24) is 9.97 Å². The van der Waals surface area contributed by atoms with Gasteiger partial charge in [0.25, 0.3) is 5.91 Å². The Morgan fingerprint density at radius 2 is 1.85 bits per heavy atom. The Hall–Kier alpha value is -3.12. The van der Waals surface area contributed by atoms with Crippen molar-refractivity contribution >= 4 is 34.8 Å². The summed E-state index contributed by atoms with van der Waals surface area (Å²) < 4.78 is 5.57. The van der Waals surface area contributed by atoms with Crippen molar-refractivity contribution in [2.24, 2.45) is 0 Å². The molecule has 0 radical (unpaired) electrons. The van der Waals surface area contributed by atoms with Crippen LogP contribution in [-0.2, 0) is 0 Å². The molecular weight excluding hydrogens is 364 g/mol. The van der Waals surface area contributed by atoms with Crippen LogP contribution in [-0.4, -0.2) is 22.5 Å². The molecule has 27 heavy (non-hydrogen) atoms. The van der Waals surface area contributed by atoms with Crippen molar-refractivity contribution < 1.29 is 9.53 Å². The number of carbonyl (C=O) groups is 1. The molecule has 0 atom stereocenters. The average Bonchev–Trinajstić information content (AvgIpc) is 2.66. The van der Waals surface area contributed by atoms with Crippen LogP contribution < -0.4 is 15.4 Å². The first-order valence-electron chi connectivity index (χ1n) is 8.45. The smallest absolute Gasteiger partial charge is 0.258 e. The number of hydrogen-bond donors (Lipinski definition) is 2. The van der Waals surface area contributed by atoms with Crippen LogP contribution in [0.2, 0.25) is 5.02 Å². The molecule has 2 N–H and O–H groups in total. The van der Waals surface area contributed by atoms with Crippen LogP contribution in [0.25, 0.3) is 0 Å². The summed E-state index contributed by atoms with van der Waals surface area (Å²) in [6.45, 7) is 4.35. The highest BCUT2D eigenvalue weighted by Gasteiger charge is 2.10. The molecule has 6 nitrogen and oxygen atoms in total. The number of aromatic nitrogens is 2. The number of anilines is 3. The molecule has 1 amide bonds. The molecule has 138 valence electrons. The maximum Gasteiger partial charge on any atom is 0.258 e. The van der Waals surface area contributed by atoms with E-state index in [9.17, 15) is 4.79 Å². The first-order valence-corrected chi connectivity index (χ1v) is 8.83. The van der Waals surface area contributed by atoms with Crippen molar-refractivity contribution in [2.45, 2.75) is 13.8 Å². The number of amides is 1. The predicted octanol–water partition coefficient (Wildman–Crippen LogP) is 4.83. The molecule has 2 aromatic carbocycles. The molecule has 1 heterocycles. The molecule has 0 unspecified atom stereocenters. The molecule has 0 aliphatic rings. The molecule has 3 rings (SSSR count). The van der Waals surface area contributed by atoms with Crippen LogP contribution >= 0.6 is 11.6 Å². The number of halogens is 1. The van der Waals surface area contributed by atoms with Gasteiger partial charge in [-0.1, -0.05) is 23.7 Å². The zero-order valence-corrected chi connectivity index (χ0v) is 15.7. The van der Waals surface area contributed by atoms with E-state index in [1.165, 1.54) is 12.4 Å². The van der Waals surface area contributed by atoms with E-state index in [-0.39, 0.29) is 5.91 Å². The lowest BCUT2D eigenvalue weighted by molar-refractivity contribution is 0.102. The van der Waals surface area contributed by atoms with Gasteiger partial charge in [-0.15, -0.1) is 0 Å². The van der Waals surface area contributed by atoms with Gasteiger partial charge in [-0.3, -0.25) is 4.79 Å². The van der Waals surface area contributed by atoms with Gasteiger partial charge in [0, 0.05) is 23.1 Å². The van der Waals surface area contributed by atoms with Gasteiger partial charge in [0.15, 0.2) is 0 Å². The lowest BCUT2D eigenvalue weighted by Crippen LogP contribution is -2.14. The largest absolute Gasteiger partial charge is 0.492 e. The average molecular weight is 383 g/mol. The van der Waals surface area contributed by atoms with Crippen LogP contribution in [0.15, 0.2) is 54.9 Å². The highest BCUT2D eigenvalue weighted by atomic mass is 35.5. The Labute approximate surface area is 162 Å². The number of aryl methyl sites for hydroxylation is 1. The number of benzene rings is 2. The zero-order valence-electron chi connectivity index (χ0n) is 15.0. The van der Waals surface area contributed by atoms with E-state index in [1.54, 1.807) is 18.2 Å². The Bertz CT molecular complexity index is 945. The summed E-state index contributed by atoms with van der Waals surface area (Å²) in [5, 5.41) is 6.55. The number of para-hydroxylation sites is 2. The second-order valence-electron chi connectivity index (χ2n) is 5.76. The van der Waals surface area contributed by atoms with Crippen LogP contribution in [0.1, 0.15) is 22.8 Å². The van der Waals surface area contributed by atoms with Gasteiger partial charge in [0.2, 0.25) is 5.95 Å². The van der Waals surface area contributed by atoms with Crippen molar-refractivity contribution in [3.8, 4) is 5.75 Å². The SMILES string of the molecule is CCOc1ccccc1Nc1ncc(C(=O)Nc2ccc(Cl)cc2C)cn1. The van der Waals surface area contributed by atoms with E-state index in [1.807, 2.05) is 38.1 Å². The van der Waals surface area contributed by atoms with Gasteiger partial charge in [-0.05, 0) is 49.7 Å². The first-order chi connectivity index (χ1) is 13.1. The Kier molecular flexibility index (Phi) is 5.88. The van der Waals surface area contributed by atoms with E-state index in [0.717, 1.165) is 11.3 Å². The molecule has 0 fully saturated rings. The molecule has 0 saturated carbocycles. The molecule has 1 aromatic heterocycles. The van der Waals surface area contributed by atoms with Gasteiger partial charge in [0.05, 0.1) is 17.9 Å². The third kappa shape index (κ3) is 4.74. The summed E-state index contributed by atoms with van der Waals surface area (Å²) in [4.78, 5) is 20.8. The van der Waals surface area contributed by atoms with Gasteiger partial charge >= 0.3 is 0 Å². The third-order valence-electron chi connectivity index (χ3n) is 3.78. The van der Waals surface area contributed by atoms with Crippen LogP contribution in [0.4, 0.5) is 17.3 Å². The van der Waals surface area contributed by atoms with Gasteiger partial charge in [-0.2, -0.15) is 0 Å². The molecule has 0 bridgehead atoms. The van der Waals surface area contributed by atoms with Crippen LogP contribution in [0.3, 0.4) is 0 Å². The number of nitrogens with one attached hydrogen (secondary N) is 2. The minimum Gasteiger partial charge on any atom is -0.492 e. The summed E-state index contributed by atoms with van der Waals surface area (Å²) in [5.41, 5.74) is 2.68. The minimum atomic E-state index is -0.290. The minimum absolute atomic E-state index is 0.290. The number of ether oxygens (including phenoxy) is 1. The zero-order chi connectivity index (χ0) is 19.2. The fourth-order valence-corrected chi connectivity index (χ4v) is 2.67. The standard InChI is InChI=1S/C20H19ClN4O2/c1-3-27-18-7-5-4-6-17(18)25-20-22-11-14(12-23-20)19(26)24-16-9-8-15(21)10-13(16)2/h4-12H,3H2,1-2H3,(H,24,26)(H,22,23,25). The third-order valence-corrected chi connectivity index (χ3v) is 4.02. The van der Waals surface area contributed by atoms with E-state index in [2.05, 4.69) is 20.6 Å². The highest BCUT2D eigenvalue weighted by Crippen LogP contribution is 2.26. The maximum atomic E-state index is 12.4. The molecule has 7 heteroatoms. The van der Waals surface area contributed by atoms with Crippen molar-refractivity contribution in [3.05, 3.63) is 71.0 Å². The fourth-order valence-electron chi connectivity index (χ4n) is 2.44. The summed E-state index contributed by atoms with van der Waals surface area (Å²) in [6, 6.07) is 12.8. The second-order valence-corrected chi connectivity index (χ2v) is 6.20. The Morgan fingerprint density at radius 1 is 1.11 bits per heavy atom. The van der Waals surface area contributed by atoms with Gasteiger partial charge in [0.1, 0.15) is 5.75 Å². The molecule has 3 aromatic rings. The van der Waals surface area contributed by atoms with E-state index in [4.69, 9.17) is 16.3 Å². The second kappa shape index (κ2) is 8.51. The highest BCUT2D eigenvalue weighted by molar-refractivity contribution is 6.30. The summed E-state index contributed by atoms with van der Waals surface area (Å²) in [7, 11) is 0. The number of nitrogens with zero attached hydrogens (tertiary/aromatic N) is 2. The van der Waals surface area contributed by atoms with Crippen molar-refractivity contribution in [2.75, 3.05) is 17.2 Å². The predicted molar refractivity (Wildman–Crippen MR) is 107 cm³/mol. The lowest BCUT2D eigenvalue weighted by atomic mass is 10.2. The summed E-state index contributed by atoms with van der Waals surface area (Å²) >= 11 is 5.94. The van der Waals surface area contributed by atoms with E-state index < -0.39 is 0 Å². The molecule has 0 spiro atoms. The number of carbonyl (C=O) groups excluding carboxylic acids is 1. The lowest BCUT2D eigenvalue weighted by Gasteiger charge is -2.11. The summed E-state index contributed by atoms with van der Waals surface area (Å²) in [6.07, 6.45) is 2.94. The van der Waals surface area contributed by atoms with Crippen LogP contribution in [0.5, 0.6) is 5.75 Å². The molecule has 0 aliphatic carbocycles. The number of rotatable bonds is 6. The number of hydrogen-bond acceptors (Lipinski definition) is 5. The maximum absolute atomic E-state index is 12.4. The molecule has 0 aliphatic heterocycles. The summed E-state index contributed by atoms with van der Waals surface area (Å²) in [5.74, 6) is 0.798. The van der Waals surface area contributed by atoms with Crippen LogP contribution in [0, 0.1) is 6.92 Å². The molecular formula is C20H19ClN4O2. The topological polar surface area (TPSA) is 76.1 Å². The van der Waals surface area contributed by atoms with Crippen molar-refractivity contribution in [1.29, 1.82) is 0 Å². The van der Waals surface area contributed by atoms with Gasteiger partial charge in [-0.25, -0.2) is 9.97 Å². The fraction of sp³-hybridized carbons (Fsp3) is 0.150. The van der Waals surface area contributed by atoms with Gasteiger partial charge < -0.3 is 15.4 Å². The van der Waals surface area contributed by atoms with Crippen molar-refractivity contribution in [3.63, 3.8) is 0 Å². The van der Waals surface area contributed by atoms with E-state index >= 15 is 0 Å². The normalized spacial score (nSPS) is 10.3. The quantitative estimate of drug-likeness (QED) is 0.638. The Morgan fingerprint density at radius 3 is 2.56 bits per heavy atom. The molecule has 0 saturated heterocycles.